The molecule has 2 aromatic carbocycles. The maximum absolute atomic E-state index is 9.40. The average molecular weight is 237 g/mol. The number of rotatable bonds is 4. The van der Waals surface area contributed by atoms with Crippen LogP contribution in [0.15, 0.2) is 42.5 Å². The van der Waals surface area contributed by atoms with Gasteiger partial charge in [0.25, 0.3) is 0 Å². The molecule has 2 aromatic rings. The van der Waals surface area contributed by atoms with Crippen LogP contribution < -0.4 is 0 Å². The van der Waals surface area contributed by atoms with E-state index in [0.717, 1.165) is 19.3 Å². The Balaban J connectivity index is 2.35. The number of hydrogen-bond acceptors (Lipinski definition) is 1. The molecule has 92 valence electrons. The molecule has 0 saturated carbocycles. The molecule has 18 heavy (non-hydrogen) atoms. The quantitative estimate of drug-likeness (QED) is 0.755. The molecule has 0 spiro atoms. The largest absolute Gasteiger partial charge is 0.198 e. The van der Waals surface area contributed by atoms with Crippen LogP contribution in [-0.4, -0.2) is 0 Å². The fraction of sp³-hybridized carbons (Fsp3) is 0.353. The SMILES string of the molecule is CCC(C#N)(CC)Cc1ccc2ccccc2c1. The zero-order valence-corrected chi connectivity index (χ0v) is 11.1. The monoisotopic (exact) mass is 237 g/mol. The molecule has 0 aromatic heterocycles. The van der Waals surface area contributed by atoms with E-state index in [1.165, 1.54) is 16.3 Å². The van der Waals surface area contributed by atoms with Crippen molar-refractivity contribution in [1.82, 2.24) is 0 Å². The molecule has 0 unspecified atom stereocenters. The average Bonchev–Trinajstić information content (AvgIpc) is 2.45. The summed E-state index contributed by atoms with van der Waals surface area (Å²) in [4.78, 5) is 0. The molecule has 2 rings (SSSR count). The van der Waals surface area contributed by atoms with Crippen LogP contribution in [0, 0.1) is 16.7 Å². The Morgan fingerprint density at radius 3 is 2.28 bits per heavy atom. The topological polar surface area (TPSA) is 23.8 Å². The molecule has 0 aliphatic carbocycles. The Morgan fingerprint density at radius 1 is 1.00 bits per heavy atom. The van der Waals surface area contributed by atoms with Gasteiger partial charge in [0.2, 0.25) is 0 Å². The van der Waals surface area contributed by atoms with E-state index in [1.807, 2.05) is 0 Å². The van der Waals surface area contributed by atoms with Crippen molar-refractivity contribution in [2.45, 2.75) is 33.1 Å². The van der Waals surface area contributed by atoms with Crippen LogP contribution in [0.1, 0.15) is 32.3 Å². The molecule has 0 saturated heterocycles. The van der Waals surface area contributed by atoms with Crippen molar-refractivity contribution in [1.29, 1.82) is 5.26 Å². The number of fused-ring (bicyclic) bond motifs is 1. The van der Waals surface area contributed by atoms with E-state index in [2.05, 4.69) is 62.4 Å². The summed E-state index contributed by atoms with van der Waals surface area (Å²) < 4.78 is 0. The van der Waals surface area contributed by atoms with Gasteiger partial charge in [-0.25, -0.2) is 0 Å². The molecule has 0 N–H and O–H groups in total. The summed E-state index contributed by atoms with van der Waals surface area (Å²) in [5.74, 6) is 0. The third-order valence-corrected chi connectivity index (χ3v) is 3.95. The Morgan fingerprint density at radius 2 is 1.67 bits per heavy atom. The van der Waals surface area contributed by atoms with Gasteiger partial charge in [-0.2, -0.15) is 5.26 Å². The minimum absolute atomic E-state index is 0.206. The maximum atomic E-state index is 9.40. The highest BCUT2D eigenvalue weighted by Gasteiger charge is 2.25. The van der Waals surface area contributed by atoms with Crippen molar-refractivity contribution in [3.63, 3.8) is 0 Å². The Labute approximate surface area is 109 Å². The molecular weight excluding hydrogens is 218 g/mol. The molecule has 0 atom stereocenters. The first-order chi connectivity index (χ1) is 8.73. The number of hydrogen-bond donors (Lipinski definition) is 0. The predicted molar refractivity (Wildman–Crippen MR) is 76.3 cm³/mol. The van der Waals surface area contributed by atoms with Crippen LogP contribution in [0.2, 0.25) is 0 Å². The van der Waals surface area contributed by atoms with Gasteiger partial charge >= 0.3 is 0 Å². The Kier molecular flexibility index (Phi) is 3.67. The fourth-order valence-corrected chi connectivity index (χ4v) is 2.44. The first kappa shape index (κ1) is 12.6. The van der Waals surface area contributed by atoms with Crippen LogP contribution >= 0.6 is 0 Å². The number of nitriles is 1. The second-order valence-electron chi connectivity index (χ2n) is 4.96. The van der Waals surface area contributed by atoms with Gasteiger partial charge in [-0.05, 0) is 35.6 Å². The fourth-order valence-electron chi connectivity index (χ4n) is 2.44. The summed E-state index contributed by atoms with van der Waals surface area (Å²) in [5, 5.41) is 11.9. The summed E-state index contributed by atoms with van der Waals surface area (Å²) in [6.45, 7) is 4.21. The Hall–Kier alpha value is -1.81. The van der Waals surface area contributed by atoms with Gasteiger partial charge in [0, 0.05) is 0 Å². The van der Waals surface area contributed by atoms with Crippen molar-refractivity contribution in [2.24, 2.45) is 5.41 Å². The van der Waals surface area contributed by atoms with Crippen molar-refractivity contribution < 1.29 is 0 Å². The molecule has 0 bridgehead atoms. The third-order valence-electron chi connectivity index (χ3n) is 3.95. The highest BCUT2D eigenvalue weighted by molar-refractivity contribution is 5.83. The zero-order chi connectivity index (χ0) is 13.0. The van der Waals surface area contributed by atoms with Gasteiger partial charge in [-0.3, -0.25) is 0 Å². The molecular formula is C17H19N. The molecule has 0 aliphatic heterocycles. The third kappa shape index (κ3) is 2.38. The van der Waals surface area contributed by atoms with Gasteiger partial charge in [0.05, 0.1) is 11.5 Å². The van der Waals surface area contributed by atoms with Gasteiger partial charge in [-0.1, -0.05) is 56.3 Å². The van der Waals surface area contributed by atoms with Crippen LogP contribution in [0.5, 0.6) is 0 Å². The van der Waals surface area contributed by atoms with E-state index in [-0.39, 0.29) is 5.41 Å². The van der Waals surface area contributed by atoms with E-state index in [9.17, 15) is 5.26 Å². The van der Waals surface area contributed by atoms with Crippen LogP contribution in [0.4, 0.5) is 0 Å². The van der Waals surface area contributed by atoms with E-state index < -0.39 is 0 Å². The van der Waals surface area contributed by atoms with E-state index in [1.54, 1.807) is 0 Å². The number of nitrogens with zero attached hydrogens (tertiary/aromatic N) is 1. The molecule has 0 radical (unpaired) electrons. The van der Waals surface area contributed by atoms with E-state index in [0.29, 0.717) is 0 Å². The maximum Gasteiger partial charge on any atom is 0.0693 e. The second kappa shape index (κ2) is 5.23. The lowest BCUT2D eigenvalue weighted by molar-refractivity contribution is 0.363. The van der Waals surface area contributed by atoms with Crippen LogP contribution in [0.3, 0.4) is 0 Å². The van der Waals surface area contributed by atoms with Crippen molar-refractivity contribution in [2.75, 3.05) is 0 Å². The molecule has 0 fully saturated rings. The summed E-state index contributed by atoms with van der Waals surface area (Å²) in [6, 6.07) is 17.4. The highest BCUT2D eigenvalue weighted by Crippen LogP contribution is 2.31. The van der Waals surface area contributed by atoms with Crippen molar-refractivity contribution in [3.05, 3.63) is 48.0 Å². The predicted octanol–water partition coefficient (Wildman–Crippen LogP) is 4.71. The summed E-state index contributed by atoms with van der Waals surface area (Å²) in [6.07, 6.45) is 2.67. The first-order valence-electron chi connectivity index (χ1n) is 6.62. The van der Waals surface area contributed by atoms with E-state index >= 15 is 0 Å². The smallest absolute Gasteiger partial charge is 0.0693 e. The van der Waals surface area contributed by atoms with Crippen molar-refractivity contribution in [3.8, 4) is 6.07 Å². The normalized spacial score (nSPS) is 11.4. The first-order valence-corrected chi connectivity index (χ1v) is 6.62. The summed E-state index contributed by atoms with van der Waals surface area (Å²) in [5.41, 5.74) is 1.06. The molecule has 0 aliphatic rings. The lowest BCUT2D eigenvalue weighted by atomic mass is 9.78. The zero-order valence-electron chi connectivity index (χ0n) is 11.1. The van der Waals surface area contributed by atoms with Gasteiger partial charge in [0.15, 0.2) is 0 Å². The van der Waals surface area contributed by atoms with Crippen molar-refractivity contribution >= 4 is 10.8 Å². The van der Waals surface area contributed by atoms with Gasteiger partial charge in [-0.15, -0.1) is 0 Å². The minimum atomic E-state index is -0.206. The lowest BCUT2D eigenvalue weighted by Gasteiger charge is -2.23. The summed E-state index contributed by atoms with van der Waals surface area (Å²) >= 11 is 0. The highest BCUT2D eigenvalue weighted by atomic mass is 14.4. The minimum Gasteiger partial charge on any atom is -0.198 e. The molecule has 0 heterocycles. The van der Waals surface area contributed by atoms with Crippen LogP contribution in [0.25, 0.3) is 10.8 Å². The van der Waals surface area contributed by atoms with Crippen LogP contribution in [-0.2, 0) is 6.42 Å². The van der Waals surface area contributed by atoms with Gasteiger partial charge in [0.1, 0.15) is 0 Å². The molecule has 1 nitrogen and oxygen atoms in total. The molecule has 0 amide bonds. The second-order valence-corrected chi connectivity index (χ2v) is 4.96. The summed E-state index contributed by atoms with van der Waals surface area (Å²) in [7, 11) is 0. The van der Waals surface area contributed by atoms with E-state index in [4.69, 9.17) is 0 Å². The Bertz CT molecular complexity index is 573. The lowest BCUT2D eigenvalue weighted by Crippen LogP contribution is -2.19. The molecule has 1 heteroatoms. The standard InChI is InChI=1S/C17H19N/c1-3-17(4-2,13-18)12-14-9-10-15-7-5-6-8-16(15)11-14/h5-11H,3-4,12H2,1-2H3. The number of benzene rings is 2. The van der Waals surface area contributed by atoms with Gasteiger partial charge < -0.3 is 0 Å².